The van der Waals surface area contributed by atoms with Gasteiger partial charge in [-0.05, 0) is 38.5 Å². The molecule has 2 aliphatic rings. The fourth-order valence-corrected chi connectivity index (χ4v) is 3.77. The molecule has 3 heteroatoms. The summed E-state index contributed by atoms with van der Waals surface area (Å²) in [5.41, 5.74) is 0. The molecule has 0 aromatic heterocycles. The fraction of sp³-hybridized carbons (Fsp3) is 0.944. The highest BCUT2D eigenvalue weighted by Crippen LogP contribution is 2.26. The van der Waals surface area contributed by atoms with E-state index < -0.39 is 0 Å². The number of hydrogen-bond donors (Lipinski definition) is 1. The number of amides is 1. The molecule has 0 saturated heterocycles. The van der Waals surface area contributed by atoms with Crippen LogP contribution in [0.3, 0.4) is 0 Å². The van der Waals surface area contributed by atoms with Crippen molar-refractivity contribution in [3.05, 3.63) is 0 Å². The Labute approximate surface area is 130 Å². The molecular weight excluding hydrogens is 262 g/mol. The quantitative estimate of drug-likeness (QED) is 0.844. The first-order valence-electron chi connectivity index (χ1n) is 9.11. The first kappa shape index (κ1) is 16.8. The molecule has 1 amide bonds. The first-order valence-corrected chi connectivity index (χ1v) is 9.11. The minimum Gasteiger partial charge on any atom is -0.365 e. The number of rotatable bonds is 4. The van der Waals surface area contributed by atoms with Crippen LogP contribution in [0.4, 0.5) is 0 Å². The van der Waals surface area contributed by atoms with Gasteiger partial charge in [-0.1, -0.05) is 51.9 Å². The Morgan fingerprint density at radius 2 is 1.67 bits per heavy atom. The second-order valence-electron chi connectivity index (χ2n) is 7.22. The van der Waals surface area contributed by atoms with Crippen LogP contribution >= 0.6 is 0 Å². The summed E-state index contributed by atoms with van der Waals surface area (Å²) in [4.78, 5) is 12.3. The van der Waals surface area contributed by atoms with Crippen LogP contribution in [0.5, 0.6) is 0 Å². The second kappa shape index (κ2) is 8.77. The minimum atomic E-state index is -0.300. The molecule has 1 N–H and O–H groups in total. The SMILES string of the molecule is C[C@@H]1CCC[C@@H](O[C@H](C)C(=O)NC2CCCCCCC2)C1. The molecule has 0 bridgehead atoms. The summed E-state index contributed by atoms with van der Waals surface area (Å²) in [6.45, 7) is 4.20. The normalized spacial score (nSPS) is 30.2. The second-order valence-corrected chi connectivity index (χ2v) is 7.22. The lowest BCUT2D eigenvalue weighted by molar-refractivity contribution is -0.138. The van der Waals surface area contributed by atoms with Crippen LogP contribution in [0.2, 0.25) is 0 Å². The fourth-order valence-electron chi connectivity index (χ4n) is 3.77. The molecule has 3 nitrogen and oxygen atoms in total. The number of carbonyl (C=O) groups excluding carboxylic acids is 1. The predicted octanol–water partition coefficient (Wildman–Crippen LogP) is 4.20. The summed E-state index contributed by atoms with van der Waals surface area (Å²) in [6.07, 6.45) is 13.5. The Hall–Kier alpha value is -0.570. The smallest absolute Gasteiger partial charge is 0.249 e. The lowest BCUT2D eigenvalue weighted by Crippen LogP contribution is -2.43. The molecule has 0 aromatic rings. The molecule has 0 radical (unpaired) electrons. The molecule has 0 aromatic carbocycles. The molecule has 0 spiro atoms. The van der Waals surface area contributed by atoms with Crippen LogP contribution in [0.15, 0.2) is 0 Å². The summed E-state index contributed by atoms with van der Waals surface area (Å²) in [7, 11) is 0. The van der Waals surface area contributed by atoms with Crippen molar-refractivity contribution in [2.24, 2.45) is 5.92 Å². The van der Waals surface area contributed by atoms with Gasteiger partial charge in [0.15, 0.2) is 0 Å². The van der Waals surface area contributed by atoms with Gasteiger partial charge in [0.2, 0.25) is 5.91 Å². The van der Waals surface area contributed by atoms with Crippen molar-refractivity contribution < 1.29 is 9.53 Å². The Morgan fingerprint density at radius 3 is 2.33 bits per heavy atom. The van der Waals surface area contributed by atoms with Crippen molar-refractivity contribution in [1.82, 2.24) is 5.32 Å². The van der Waals surface area contributed by atoms with E-state index in [9.17, 15) is 4.79 Å². The number of nitrogens with one attached hydrogen (secondary N) is 1. The third-order valence-electron chi connectivity index (χ3n) is 5.11. The van der Waals surface area contributed by atoms with Gasteiger partial charge >= 0.3 is 0 Å². The lowest BCUT2D eigenvalue weighted by atomic mass is 9.88. The molecular formula is C18H33NO2. The maximum atomic E-state index is 12.3. The summed E-state index contributed by atoms with van der Waals surface area (Å²) in [5.74, 6) is 0.836. The van der Waals surface area contributed by atoms with Gasteiger partial charge < -0.3 is 10.1 Å². The monoisotopic (exact) mass is 295 g/mol. The third kappa shape index (κ3) is 5.98. The van der Waals surface area contributed by atoms with E-state index in [4.69, 9.17) is 4.74 Å². The minimum absolute atomic E-state index is 0.0961. The highest BCUT2D eigenvalue weighted by atomic mass is 16.5. The van der Waals surface area contributed by atoms with Crippen molar-refractivity contribution >= 4 is 5.91 Å². The van der Waals surface area contributed by atoms with Crippen molar-refractivity contribution in [3.63, 3.8) is 0 Å². The topological polar surface area (TPSA) is 38.3 Å². The van der Waals surface area contributed by atoms with Crippen molar-refractivity contribution in [2.75, 3.05) is 0 Å². The summed E-state index contributed by atoms with van der Waals surface area (Å²) >= 11 is 0. The van der Waals surface area contributed by atoms with Crippen LogP contribution in [0.25, 0.3) is 0 Å². The van der Waals surface area contributed by atoms with Crippen LogP contribution in [0.1, 0.15) is 84.5 Å². The zero-order valence-electron chi connectivity index (χ0n) is 13.9. The standard InChI is InChI=1S/C18H33NO2/c1-14-9-8-12-17(13-14)21-15(2)18(20)19-16-10-6-4-3-5-7-11-16/h14-17H,3-13H2,1-2H3,(H,19,20)/t14-,15-,17-/m1/s1. The maximum Gasteiger partial charge on any atom is 0.249 e. The van der Waals surface area contributed by atoms with Crippen LogP contribution in [0, 0.1) is 5.92 Å². The summed E-state index contributed by atoms with van der Waals surface area (Å²) in [5, 5.41) is 3.22. The van der Waals surface area contributed by atoms with Gasteiger partial charge in [-0.25, -0.2) is 0 Å². The third-order valence-corrected chi connectivity index (χ3v) is 5.11. The average molecular weight is 295 g/mol. The number of hydrogen-bond acceptors (Lipinski definition) is 2. The molecule has 2 rings (SSSR count). The maximum absolute atomic E-state index is 12.3. The van der Waals surface area contributed by atoms with Crippen LogP contribution < -0.4 is 5.32 Å². The van der Waals surface area contributed by atoms with Crippen molar-refractivity contribution in [2.45, 2.75) is 103 Å². The van der Waals surface area contributed by atoms with Gasteiger partial charge in [0.1, 0.15) is 6.10 Å². The largest absolute Gasteiger partial charge is 0.365 e. The number of carbonyl (C=O) groups is 1. The summed E-state index contributed by atoms with van der Waals surface area (Å²) in [6, 6.07) is 0.370. The van der Waals surface area contributed by atoms with Crippen LogP contribution in [-0.2, 0) is 9.53 Å². The molecule has 2 saturated carbocycles. The Kier molecular flexibility index (Phi) is 7.01. The molecule has 122 valence electrons. The van der Waals surface area contributed by atoms with E-state index in [2.05, 4.69) is 12.2 Å². The number of ether oxygens (including phenoxy) is 1. The highest BCUT2D eigenvalue weighted by molar-refractivity contribution is 5.80. The van der Waals surface area contributed by atoms with Gasteiger partial charge in [-0.3, -0.25) is 4.79 Å². The Morgan fingerprint density at radius 1 is 1.00 bits per heavy atom. The van der Waals surface area contributed by atoms with Crippen molar-refractivity contribution in [1.29, 1.82) is 0 Å². The zero-order valence-corrected chi connectivity index (χ0v) is 13.9. The first-order chi connectivity index (χ1) is 10.1. The molecule has 0 heterocycles. The molecule has 3 atom stereocenters. The Balaban J connectivity index is 1.73. The van der Waals surface area contributed by atoms with E-state index in [1.165, 1.54) is 44.9 Å². The van der Waals surface area contributed by atoms with Crippen LogP contribution in [-0.4, -0.2) is 24.2 Å². The van der Waals surface area contributed by atoms with Crippen molar-refractivity contribution in [3.8, 4) is 0 Å². The van der Waals surface area contributed by atoms with E-state index in [0.29, 0.717) is 6.04 Å². The van der Waals surface area contributed by atoms with Gasteiger partial charge in [-0.15, -0.1) is 0 Å². The zero-order chi connectivity index (χ0) is 15.1. The summed E-state index contributed by atoms with van der Waals surface area (Å²) < 4.78 is 6.01. The Bertz CT molecular complexity index is 310. The molecule has 2 fully saturated rings. The predicted molar refractivity (Wildman–Crippen MR) is 86.2 cm³/mol. The molecule has 21 heavy (non-hydrogen) atoms. The van der Waals surface area contributed by atoms with Gasteiger partial charge in [0.05, 0.1) is 6.10 Å². The molecule has 0 aliphatic heterocycles. The van der Waals surface area contributed by atoms with E-state index in [1.54, 1.807) is 0 Å². The highest BCUT2D eigenvalue weighted by Gasteiger charge is 2.25. The molecule has 2 aliphatic carbocycles. The van der Waals surface area contributed by atoms with E-state index >= 15 is 0 Å². The average Bonchev–Trinajstić information content (AvgIpc) is 2.41. The van der Waals surface area contributed by atoms with E-state index in [1.807, 2.05) is 6.92 Å². The van der Waals surface area contributed by atoms with Gasteiger partial charge in [-0.2, -0.15) is 0 Å². The van der Waals surface area contributed by atoms with E-state index in [-0.39, 0.29) is 18.1 Å². The molecule has 0 unspecified atom stereocenters. The lowest BCUT2D eigenvalue weighted by Gasteiger charge is -2.30. The van der Waals surface area contributed by atoms with Gasteiger partial charge in [0, 0.05) is 6.04 Å². The van der Waals surface area contributed by atoms with E-state index in [0.717, 1.165) is 31.6 Å². The van der Waals surface area contributed by atoms with Gasteiger partial charge in [0.25, 0.3) is 0 Å².